The normalized spacial score (nSPS) is 28.4. The van der Waals surface area contributed by atoms with Crippen molar-refractivity contribution in [2.24, 2.45) is 17.8 Å². The molecule has 3 heteroatoms. The third-order valence-corrected chi connectivity index (χ3v) is 5.43. The Morgan fingerprint density at radius 3 is 2.24 bits per heavy atom. The summed E-state index contributed by atoms with van der Waals surface area (Å²) in [6.45, 7) is 10.6. The fraction of sp³-hybridized carbons (Fsp3) is 0.944. The first-order chi connectivity index (χ1) is 9.97. The van der Waals surface area contributed by atoms with E-state index in [0.717, 1.165) is 37.8 Å². The minimum absolute atomic E-state index is 0.139. The summed E-state index contributed by atoms with van der Waals surface area (Å²) in [6.07, 6.45) is 7.74. The lowest BCUT2D eigenvalue weighted by Gasteiger charge is -2.38. The highest BCUT2D eigenvalue weighted by Crippen LogP contribution is 2.30. The summed E-state index contributed by atoms with van der Waals surface area (Å²) in [7, 11) is 0. The number of carbonyl (C=O) groups excluding carboxylic acids is 1. The van der Waals surface area contributed by atoms with E-state index in [1.54, 1.807) is 0 Å². The monoisotopic (exact) mass is 294 g/mol. The third kappa shape index (κ3) is 4.70. The molecule has 1 aliphatic carbocycles. The summed E-state index contributed by atoms with van der Waals surface area (Å²) < 4.78 is 0. The number of hydrogen-bond donors (Lipinski definition) is 1. The van der Waals surface area contributed by atoms with Gasteiger partial charge in [-0.2, -0.15) is 0 Å². The van der Waals surface area contributed by atoms with Gasteiger partial charge in [0.2, 0.25) is 5.91 Å². The van der Waals surface area contributed by atoms with Crippen molar-refractivity contribution in [3.05, 3.63) is 0 Å². The molecule has 2 aliphatic rings. The van der Waals surface area contributed by atoms with Gasteiger partial charge in [-0.05, 0) is 37.5 Å². The minimum atomic E-state index is 0.139. The molecule has 3 nitrogen and oxygen atoms in total. The van der Waals surface area contributed by atoms with E-state index in [2.05, 4.69) is 24.1 Å². The largest absolute Gasteiger partial charge is 0.342 e. The molecule has 2 rings (SSSR count). The fourth-order valence-corrected chi connectivity index (χ4v) is 3.95. The smallest absolute Gasteiger partial charge is 0.225 e. The Hall–Kier alpha value is -0.570. The van der Waals surface area contributed by atoms with Crippen molar-refractivity contribution in [2.45, 2.75) is 78.3 Å². The number of piperidine rings is 1. The van der Waals surface area contributed by atoms with Gasteiger partial charge in [0.25, 0.3) is 0 Å². The van der Waals surface area contributed by atoms with Crippen LogP contribution >= 0.6 is 0 Å². The Kier molecular flexibility index (Phi) is 6.09. The van der Waals surface area contributed by atoms with Gasteiger partial charge >= 0.3 is 0 Å². The van der Waals surface area contributed by atoms with Crippen molar-refractivity contribution in [3.63, 3.8) is 0 Å². The second-order valence-electron chi connectivity index (χ2n) is 7.79. The molecule has 1 heterocycles. The summed E-state index contributed by atoms with van der Waals surface area (Å²) >= 11 is 0. The SMILES string of the molecule is CC(C)C(=O)N1CCC(NC2CCCC(C(C)C)C2)CC1. The molecule has 1 saturated carbocycles. The van der Waals surface area contributed by atoms with E-state index < -0.39 is 0 Å². The average Bonchev–Trinajstić information content (AvgIpc) is 2.47. The van der Waals surface area contributed by atoms with E-state index in [0.29, 0.717) is 18.0 Å². The molecule has 0 bridgehead atoms. The number of nitrogens with one attached hydrogen (secondary N) is 1. The lowest BCUT2D eigenvalue weighted by molar-refractivity contribution is -0.135. The van der Waals surface area contributed by atoms with Crippen LogP contribution in [-0.4, -0.2) is 36.0 Å². The number of nitrogens with zero attached hydrogens (tertiary/aromatic N) is 1. The Bertz CT molecular complexity index is 332. The topological polar surface area (TPSA) is 32.3 Å². The van der Waals surface area contributed by atoms with Gasteiger partial charge in [0.15, 0.2) is 0 Å². The van der Waals surface area contributed by atoms with Crippen molar-refractivity contribution in [3.8, 4) is 0 Å². The van der Waals surface area contributed by atoms with Gasteiger partial charge in [-0.25, -0.2) is 0 Å². The van der Waals surface area contributed by atoms with E-state index in [4.69, 9.17) is 0 Å². The van der Waals surface area contributed by atoms with Crippen LogP contribution < -0.4 is 5.32 Å². The maximum Gasteiger partial charge on any atom is 0.225 e. The van der Waals surface area contributed by atoms with Crippen LogP contribution in [-0.2, 0) is 4.79 Å². The molecular formula is C18H34N2O. The van der Waals surface area contributed by atoms with E-state index in [9.17, 15) is 4.79 Å². The first kappa shape index (κ1) is 16.8. The van der Waals surface area contributed by atoms with E-state index >= 15 is 0 Å². The predicted molar refractivity (Wildman–Crippen MR) is 88.2 cm³/mol. The van der Waals surface area contributed by atoms with Gasteiger partial charge in [0.1, 0.15) is 0 Å². The summed E-state index contributed by atoms with van der Waals surface area (Å²) in [5, 5.41) is 3.89. The van der Waals surface area contributed by atoms with Crippen molar-refractivity contribution in [1.82, 2.24) is 10.2 Å². The standard InChI is InChI=1S/C18H34N2O/c1-13(2)15-6-5-7-17(12-15)19-16-8-10-20(11-9-16)18(21)14(3)4/h13-17,19H,5-12H2,1-4H3. The van der Waals surface area contributed by atoms with Crippen LogP contribution in [0, 0.1) is 17.8 Å². The molecular weight excluding hydrogens is 260 g/mol. The van der Waals surface area contributed by atoms with Crippen LogP contribution in [0.2, 0.25) is 0 Å². The highest BCUT2D eigenvalue weighted by molar-refractivity contribution is 5.78. The lowest BCUT2D eigenvalue weighted by atomic mass is 9.79. The second kappa shape index (κ2) is 7.62. The Morgan fingerprint density at radius 1 is 1.00 bits per heavy atom. The second-order valence-corrected chi connectivity index (χ2v) is 7.79. The molecule has 2 unspecified atom stereocenters. The summed E-state index contributed by atoms with van der Waals surface area (Å²) in [5.41, 5.74) is 0. The molecule has 0 spiro atoms. The van der Waals surface area contributed by atoms with Crippen molar-refractivity contribution < 1.29 is 4.79 Å². The number of hydrogen-bond acceptors (Lipinski definition) is 2. The molecule has 122 valence electrons. The Labute approximate surface area is 130 Å². The molecule has 0 aromatic carbocycles. The van der Waals surface area contributed by atoms with E-state index in [-0.39, 0.29) is 5.92 Å². The van der Waals surface area contributed by atoms with Gasteiger partial charge in [0.05, 0.1) is 0 Å². The third-order valence-electron chi connectivity index (χ3n) is 5.43. The van der Waals surface area contributed by atoms with Crippen LogP contribution in [0.5, 0.6) is 0 Å². The minimum Gasteiger partial charge on any atom is -0.342 e. The number of rotatable bonds is 4. The first-order valence-corrected chi connectivity index (χ1v) is 9.02. The van der Waals surface area contributed by atoms with Gasteiger partial charge < -0.3 is 10.2 Å². The van der Waals surface area contributed by atoms with Crippen LogP contribution in [0.25, 0.3) is 0 Å². The van der Waals surface area contributed by atoms with E-state index in [1.165, 1.54) is 25.7 Å². The van der Waals surface area contributed by atoms with Gasteiger partial charge in [-0.1, -0.05) is 40.5 Å². The molecule has 1 N–H and O–H groups in total. The maximum absolute atomic E-state index is 12.0. The van der Waals surface area contributed by atoms with Crippen LogP contribution in [0.4, 0.5) is 0 Å². The summed E-state index contributed by atoms with van der Waals surface area (Å²) in [6, 6.07) is 1.33. The number of amides is 1. The molecule has 2 fully saturated rings. The first-order valence-electron chi connectivity index (χ1n) is 9.02. The quantitative estimate of drug-likeness (QED) is 0.861. The molecule has 2 atom stereocenters. The molecule has 0 aromatic rings. The molecule has 0 aromatic heterocycles. The molecule has 1 saturated heterocycles. The Balaban J connectivity index is 1.74. The van der Waals surface area contributed by atoms with Crippen LogP contribution in [0.3, 0.4) is 0 Å². The summed E-state index contributed by atoms with van der Waals surface area (Å²) in [5.74, 6) is 2.18. The molecule has 1 aliphatic heterocycles. The predicted octanol–water partition coefficient (Wildman–Crippen LogP) is 3.44. The summed E-state index contributed by atoms with van der Waals surface area (Å²) in [4.78, 5) is 14.1. The van der Waals surface area contributed by atoms with Gasteiger partial charge in [-0.15, -0.1) is 0 Å². The zero-order chi connectivity index (χ0) is 15.4. The molecule has 1 amide bonds. The number of carbonyl (C=O) groups is 1. The van der Waals surface area contributed by atoms with E-state index in [1.807, 2.05) is 13.8 Å². The maximum atomic E-state index is 12.0. The number of likely N-dealkylation sites (tertiary alicyclic amines) is 1. The van der Waals surface area contributed by atoms with Crippen molar-refractivity contribution in [2.75, 3.05) is 13.1 Å². The van der Waals surface area contributed by atoms with Crippen molar-refractivity contribution in [1.29, 1.82) is 0 Å². The molecule has 21 heavy (non-hydrogen) atoms. The van der Waals surface area contributed by atoms with Gasteiger partial charge in [0, 0.05) is 31.1 Å². The zero-order valence-electron chi connectivity index (χ0n) is 14.4. The van der Waals surface area contributed by atoms with Gasteiger partial charge in [-0.3, -0.25) is 4.79 Å². The highest BCUT2D eigenvalue weighted by Gasteiger charge is 2.28. The van der Waals surface area contributed by atoms with Crippen LogP contribution in [0.1, 0.15) is 66.2 Å². The average molecular weight is 294 g/mol. The van der Waals surface area contributed by atoms with Crippen molar-refractivity contribution >= 4 is 5.91 Å². The molecule has 0 radical (unpaired) electrons. The Morgan fingerprint density at radius 2 is 1.67 bits per heavy atom. The van der Waals surface area contributed by atoms with Crippen LogP contribution in [0.15, 0.2) is 0 Å². The highest BCUT2D eigenvalue weighted by atomic mass is 16.2. The fourth-order valence-electron chi connectivity index (χ4n) is 3.95. The lowest BCUT2D eigenvalue weighted by Crippen LogP contribution is -2.49. The zero-order valence-corrected chi connectivity index (χ0v) is 14.4.